The summed E-state index contributed by atoms with van der Waals surface area (Å²) in [5.74, 6) is -0.460. The molecule has 0 aliphatic rings. The van der Waals surface area contributed by atoms with Crippen molar-refractivity contribution in [3.8, 4) is 5.75 Å². The monoisotopic (exact) mass is 230 g/mol. The van der Waals surface area contributed by atoms with E-state index in [0.717, 1.165) is 6.07 Å². The van der Waals surface area contributed by atoms with Crippen molar-refractivity contribution in [1.82, 2.24) is 0 Å². The number of rotatable bonds is 1. The summed E-state index contributed by atoms with van der Waals surface area (Å²) in [6, 6.07) is 3.48. The summed E-state index contributed by atoms with van der Waals surface area (Å²) in [5, 5.41) is 0.0735. The molecule has 1 rings (SSSR count). The fraction of sp³-hybridized carbons (Fsp3) is 0.143. The van der Waals surface area contributed by atoms with E-state index in [1.807, 2.05) is 0 Å². The van der Waals surface area contributed by atoms with Gasteiger partial charge in [-0.25, -0.2) is 0 Å². The zero-order chi connectivity index (χ0) is 10.1. The molecule has 0 aliphatic heterocycles. The average Bonchev–Trinajstić information content (AvgIpc) is 1.93. The molecule has 0 amide bonds. The SMILES string of the molecule is FC(F)(F)Oc1ccc(Cl)cc1Cl. The summed E-state index contributed by atoms with van der Waals surface area (Å²) in [6.45, 7) is 0. The first-order valence-corrected chi connectivity index (χ1v) is 3.85. The van der Waals surface area contributed by atoms with Crippen LogP contribution in [0, 0.1) is 0 Å². The largest absolute Gasteiger partial charge is 0.573 e. The van der Waals surface area contributed by atoms with E-state index in [0.29, 0.717) is 0 Å². The van der Waals surface area contributed by atoms with Gasteiger partial charge in [0, 0.05) is 5.02 Å². The maximum Gasteiger partial charge on any atom is 0.573 e. The molecule has 6 heteroatoms. The molecule has 13 heavy (non-hydrogen) atoms. The summed E-state index contributed by atoms with van der Waals surface area (Å²) in [6.07, 6.45) is -4.74. The van der Waals surface area contributed by atoms with E-state index in [2.05, 4.69) is 4.74 Å². The van der Waals surface area contributed by atoms with E-state index >= 15 is 0 Å². The Bertz CT molecular complexity index is 311. The normalized spacial score (nSPS) is 11.5. The molecule has 1 aromatic carbocycles. The van der Waals surface area contributed by atoms with Gasteiger partial charge in [-0.2, -0.15) is 0 Å². The molecule has 0 fully saturated rings. The third-order valence-electron chi connectivity index (χ3n) is 1.12. The molecule has 0 atom stereocenters. The number of benzene rings is 1. The molecule has 0 heterocycles. The van der Waals surface area contributed by atoms with Crippen molar-refractivity contribution in [1.29, 1.82) is 0 Å². The highest BCUT2D eigenvalue weighted by Crippen LogP contribution is 2.31. The summed E-state index contributed by atoms with van der Waals surface area (Å²) < 4.78 is 38.7. The number of halogens is 5. The molecular formula is C7H3Cl2F3O. The smallest absolute Gasteiger partial charge is 0.404 e. The molecule has 0 aromatic heterocycles. The number of hydrogen-bond acceptors (Lipinski definition) is 1. The Hall–Kier alpha value is -0.610. The fourth-order valence-electron chi connectivity index (χ4n) is 0.683. The Morgan fingerprint density at radius 3 is 2.23 bits per heavy atom. The van der Waals surface area contributed by atoms with Crippen LogP contribution >= 0.6 is 23.2 Å². The lowest BCUT2D eigenvalue weighted by Gasteiger charge is -2.09. The zero-order valence-electron chi connectivity index (χ0n) is 6.03. The molecule has 0 radical (unpaired) electrons. The van der Waals surface area contributed by atoms with Gasteiger partial charge in [0.15, 0.2) is 0 Å². The molecular weight excluding hydrogens is 228 g/mol. The van der Waals surface area contributed by atoms with Crippen LogP contribution < -0.4 is 4.74 Å². The van der Waals surface area contributed by atoms with Gasteiger partial charge in [-0.3, -0.25) is 0 Å². The van der Waals surface area contributed by atoms with Crippen LogP contribution in [0.3, 0.4) is 0 Å². The predicted octanol–water partition coefficient (Wildman–Crippen LogP) is 3.89. The molecule has 0 spiro atoms. The van der Waals surface area contributed by atoms with E-state index in [1.54, 1.807) is 0 Å². The van der Waals surface area contributed by atoms with Crippen molar-refractivity contribution in [2.45, 2.75) is 6.36 Å². The molecule has 1 nitrogen and oxygen atoms in total. The summed E-state index contributed by atoms with van der Waals surface area (Å²) >= 11 is 10.9. The zero-order valence-corrected chi connectivity index (χ0v) is 7.54. The highest BCUT2D eigenvalue weighted by Gasteiger charge is 2.31. The quantitative estimate of drug-likeness (QED) is 0.712. The molecule has 0 bridgehead atoms. The van der Waals surface area contributed by atoms with Crippen molar-refractivity contribution in [2.75, 3.05) is 0 Å². The van der Waals surface area contributed by atoms with Crippen LogP contribution in [0.25, 0.3) is 0 Å². The molecule has 0 saturated carbocycles. The number of alkyl halides is 3. The van der Waals surface area contributed by atoms with Crippen LogP contribution in [0.1, 0.15) is 0 Å². The first-order chi connectivity index (χ1) is 5.88. The minimum atomic E-state index is -4.74. The molecule has 0 N–H and O–H groups in total. The molecule has 1 aromatic rings. The standard InChI is InChI=1S/C7H3Cl2F3O/c8-4-1-2-6(5(9)3-4)13-7(10,11)12/h1-3H. The third kappa shape index (κ3) is 3.32. The van der Waals surface area contributed by atoms with Gasteiger partial charge in [-0.05, 0) is 18.2 Å². The summed E-state index contributed by atoms with van der Waals surface area (Å²) in [5.41, 5.74) is 0. The van der Waals surface area contributed by atoms with Gasteiger partial charge in [0.2, 0.25) is 0 Å². The molecule has 0 saturated heterocycles. The van der Waals surface area contributed by atoms with E-state index < -0.39 is 12.1 Å². The van der Waals surface area contributed by atoms with Crippen molar-refractivity contribution >= 4 is 23.2 Å². The van der Waals surface area contributed by atoms with Crippen LogP contribution in [0.2, 0.25) is 10.0 Å². The second-order valence-corrected chi connectivity index (χ2v) is 2.97. The minimum Gasteiger partial charge on any atom is -0.404 e. The van der Waals surface area contributed by atoms with E-state index in [4.69, 9.17) is 23.2 Å². The van der Waals surface area contributed by atoms with Gasteiger partial charge < -0.3 is 4.74 Å². The van der Waals surface area contributed by atoms with E-state index in [1.165, 1.54) is 12.1 Å². The highest BCUT2D eigenvalue weighted by atomic mass is 35.5. The average molecular weight is 231 g/mol. The van der Waals surface area contributed by atoms with Gasteiger partial charge in [0.05, 0.1) is 5.02 Å². The van der Waals surface area contributed by atoms with Crippen molar-refractivity contribution in [3.05, 3.63) is 28.2 Å². The Morgan fingerprint density at radius 1 is 1.15 bits per heavy atom. The topological polar surface area (TPSA) is 9.23 Å². The fourth-order valence-corrected chi connectivity index (χ4v) is 1.13. The van der Waals surface area contributed by atoms with Crippen LogP contribution in [0.4, 0.5) is 13.2 Å². The van der Waals surface area contributed by atoms with E-state index in [9.17, 15) is 13.2 Å². The molecule has 0 unspecified atom stereocenters. The van der Waals surface area contributed by atoms with Gasteiger partial charge >= 0.3 is 6.36 Å². The van der Waals surface area contributed by atoms with Crippen LogP contribution in [-0.2, 0) is 0 Å². The number of ether oxygens (including phenoxy) is 1. The summed E-state index contributed by atoms with van der Waals surface area (Å²) in [4.78, 5) is 0. The van der Waals surface area contributed by atoms with E-state index in [-0.39, 0.29) is 10.0 Å². The molecule has 0 aliphatic carbocycles. The Balaban J connectivity index is 2.90. The predicted molar refractivity (Wildman–Crippen MR) is 43.1 cm³/mol. The Labute approximate surface area is 82.0 Å². The molecule has 72 valence electrons. The minimum absolute atomic E-state index is 0.176. The van der Waals surface area contributed by atoms with Crippen molar-refractivity contribution in [2.24, 2.45) is 0 Å². The van der Waals surface area contributed by atoms with Crippen LogP contribution in [0.15, 0.2) is 18.2 Å². The lowest BCUT2D eigenvalue weighted by Crippen LogP contribution is -2.17. The van der Waals surface area contributed by atoms with Gasteiger partial charge in [-0.1, -0.05) is 23.2 Å². The van der Waals surface area contributed by atoms with Crippen LogP contribution in [0.5, 0.6) is 5.75 Å². The Kier molecular flexibility index (Phi) is 2.93. The second kappa shape index (κ2) is 3.64. The van der Waals surface area contributed by atoms with Gasteiger partial charge in [0.25, 0.3) is 0 Å². The first-order valence-electron chi connectivity index (χ1n) is 3.09. The first kappa shape index (κ1) is 10.5. The van der Waals surface area contributed by atoms with Gasteiger partial charge in [0.1, 0.15) is 5.75 Å². The van der Waals surface area contributed by atoms with Gasteiger partial charge in [-0.15, -0.1) is 13.2 Å². The number of hydrogen-bond donors (Lipinski definition) is 0. The highest BCUT2D eigenvalue weighted by molar-refractivity contribution is 6.35. The third-order valence-corrected chi connectivity index (χ3v) is 1.65. The lowest BCUT2D eigenvalue weighted by molar-refractivity contribution is -0.274. The maximum absolute atomic E-state index is 11.7. The second-order valence-electron chi connectivity index (χ2n) is 2.12. The van der Waals surface area contributed by atoms with Crippen molar-refractivity contribution in [3.63, 3.8) is 0 Å². The lowest BCUT2D eigenvalue weighted by atomic mass is 10.3. The maximum atomic E-state index is 11.7. The van der Waals surface area contributed by atoms with Crippen molar-refractivity contribution < 1.29 is 17.9 Å². The Morgan fingerprint density at radius 2 is 1.77 bits per heavy atom. The van der Waals surface area contributed by atoms with Crippen LogP contribution in [-0.4, -0.2) is 6.36 Å². The summed E-state index contributed by atoms with van der Waals surface area (Å²) in [7, 11) is 0.